The first-order valence-corrected chi connectivity index (χ1v) is 9.11. The van der Waals surface area contributed by atoms with Crippen molar-refractivity contribution in [2.75, 3.05) is 11.6 Å². The SMILES string of the molecule is CS(=O)(=O)c1ccc(NC(=S)NC(=O)c2cccc(Cl)c2)cc1. The van der Waals surface area contributed by atoms with E-state index in [1.165, 1.54) is 18.2 Å². The van der Waals surface area contributed by atoms with Gasteiger partial charge in [-0.3, -0.25) is 10.1 Å². The molecular formula is C15H13ClN2O3S2. The molecule has 2 aromatic carbocycles. The molecule has 0 saturated carbocycles. The summed E-state index contributed by atoms with van der Waals surface area (Å²) in [6, 6.07) is 12.5. The first-order valence-electron chi connectivity index (χ1n) is 6.44. The number of hydrogen-bond donors (Lipinski definition) is 2. The van der Waals surface area contributed by atoms with E-state index in [2.05, 4.69) is 10.6 Å². The number of anilines is 1. The summed E-state index contributed by atoms with van der Waals surface area (Å²) in [6.07, 6.45) is 1.13. The second kappa shape index (κ2) is 7.08. The molecule has 0 bridgehead atoms. The zero-order valence-corrected chi connectivity index (χ0v) is 14.4. The fraction of sp³-hybridized carbons (Fsp3) is 0.0667. The van der Waals surface area contributed by atoms with E-state index in [0.29, 0.717) is 16.3 Å². The molecule has 1 amide bonds. The van der Waals surface area contributed by atoms with Crippen LogP contribution in [0.3, 0.4) is 0 Å². The van der Waals surface area contributed by atoms with Crippen molar-refractivity contribution in [2.45, 2.75) is 4.90 Å². The molecule has 5 nitrogen and oxygen atoms in total. The highest BCUT2D eigenvalue weighted by atomic mass is 35.5. The third-order valence-electron chi connectivity index (χ3n) is 2.85. The quantitative estimate of drug-likeness (QED) is 0.815. The highest BCUT2D eigenvalue weighted by Crippen LogP contribution is 2.14. The molecule has 0 aliphatic heterocycles. The molecule has 120 valence electrons. The van der Waals surface area contributed by atoms with Crippen molar-refractivity contribution < 1.29 is 13.2 Å². The van der Waals surface area contributed by atoms with Crippen molar-refractivity contribution >= 4 is 50.4 Å². The molecule has 8 heteroatoms. The number of carbonyl (C=O) groups is 1. The molecular weight excluding hydrogens is 356 g/mol. The summed E-state index contributed by atoms with van der Waals surface area (Å²) in [4.78, 5) is 12.2. The van der Waals surface area contributed by atoms with Gasteiger partial charge >= 0.3 is 0 Å². The zero-order valence-electron chi connectivity index (χ0n) is 12.0. The lowest BCUT2D eigenvalue weighted by Crippen LogP contribution is -2.34. The minimum Gasteiger partial charge on any atom is -0.332 e. The van der Waals surface area contributed by atoms with E-state index in [1.807, 2.05) is 0 Å². The Balaban J connectivity index is 2.01. The Morgan fingerprint density at radius 3 is 2.35 bits per heavy atom. The Kier molecular flexibility index (Phi) is 5.35. The van der Waals surface area contributed by atoms with Gasteiger partial charge in [0.1, 0.15) is 0 Å². The van der Waals surface area contributed by atoms with Crippen LogP contribution in [0.25, 0.3) is 0 Å². The molecule has 0 heterocycles. The topological polar surface area (TPSA) is 75.3 Å². The summed E-state index contributed by atoms with van der Waals surface area (Å²) in [7, 11) is -3.25. The van der Waals surface area contributed by atoms with Crippen LogP contribution in [0.4, 0.5) is 5.69 Å². The summed E-state index contributed by atoms with van der Waals surface area (Å²) in [6.45, 7) is 0. The average molecular weight is 369 g/mol. The smallest absolute Gasteiger partial charge is 0.257 e. The number of rotatable bonds is 3. The summed E-state index contributed by atoms with van der Waals surface area (Å²) in [5, 5.41) is 5.88. The summed E-state index contributed by atoms with van der Waals surface area (Å²) in [5.74, 6) is -0.391. The van der Waals surface area contributed by atoms with Gasteiger partial charge in [0.05, 0.1) is 4.90 Å². The number of amides is 1. The number of thiocarbonyl (C=S) groups is 1. The maximum atomic E-state index is 12.0. The Labute approximate surface area is 144 Å². The number of hydrogen-bond acceptors (Lipinski definition) is 4. The summed E-state index contributed by atoms with van der Waals surface area (Å²) in [5.41, 5.74) is 0.947. The van der Waals surface area contributed by atoms with E-state index in [0.717, 1.165) is 6.26 Å². The van der Waals surface area contributed by atoms with Gasteiger partial charge in [-0.05, 0) is 54.7 Å². The van der Waals surface area contributed by atoms with E-state index in [-0.39, 0.29) is 10.0 Å². The monoisotopic (exact) mass is 368 g/mol. The maximum Gasteiger partial charge on any atom is 0.257 e. The first-order chi connectivity index (χ1) is 10.8. The average Bonchev–Trinajstić information content (AvgIpc) is 2.46. The number of carbonyl (C=O) groups excluding carboxylic acids is 1. The molecule has 2 aromatic rings. The molecule has 0 aromatic heterocycles. The Hall–Kier alpha value is -1.96. The molecule has 0 aliphatic rings. The molecule has 0 atom stereocenters. The van der Waals surface area contributed by atoms with E-state index >= 15 is 0 Å². The number of halogens is 1. The van der Waals surface area contributed by atoms with Crippen LogP contribution in [0.5, 0.6) is 0 Å². The van der Waals surface area contributed by atoms with Crippen molar-refractivity contribution in [1.82, 2.24) is 5.32 Å². The molecule has 0 radical (unpaired) electrons. The first kappa shape index (κ1) is 17.4. The lowest BCUT2D eigenvalue weighted by molar-refractivity contribution is 0.0977. The number of nitrogens with one attached hydrogen (secondary N) is 2. The molecule has 0 fully saturated rings. The van der Waals surface area contributed by atoms with Gasteiger partial charge in [0, 0.05) is 22.5 Å². The predicted molar refractivity (Wildman–Crippen MR) is 94.7 cm³/mol. The van der Waals surface area contributed by atoms with Gasteiger partial charge in [-0.2, -0.15) is 0 Å². The Bertz CT molecular complexity index is 849. The zero-order chi connectivity index (χ0) is 17.0. The molecule has 0 unspecified atom stereocenters. The van der Waals surface area contributed by atoms with Gasteiger partial charge in [-0.1, -0.05) is 17.7 Å². The van der Waals surface area contributed by atoms with Gasteiger partial charge in [0.25, 0.3) is 5.91 Å². The molecule has 0 saturated heterocycles. The molecule has 2 rings (SSSR count). The van der Waals surface area contributed by atoms with Crippen LogP contribution < -0.4 is 10.6 Å². The van der Waals surface area contributed by atoms with Crippen LogP contribution in [-0.2, 0) is 9.84 Å². The second-order valence-electron chi connectivity index (χ2n) is 4.72. The van der Waals surface area contributed by atoms with E-state index in [1.54, 1.807) is 30.3 Å². The van der Waals surface area contributed by atoms with Gasteiger partial charge in [-0.25, -0.2) is 8.42 Å². The van der Waals surface area contributed by atoms with Gasteiger partial charge in [-0.15, -0.1) is 0 Å². The summed E-state index contributed by atoms with van der Waals surface area (Å²) >= 11 is 10.9. The van der Waals surface area contributed by atoms with Crippen LogP contribution in [0.15, 0.2) is 53.4 Å². The standard InChI is InChI=1S/C15H13ClN2O3S2/c1-23(20,21)13-7-5-12(6-8-13)17-15(22)18-14(19)10-3-2-4-11(16)9-10/h2-9H,1H3,(H2,17,18,19,22). The van der Waals surface area contributed by atoms with Crippen molar-refractivity contribution in [3.8, 4) is 0 Å². The second-order valence-corrected chi connectivity index (χ2v) is 7.58. The van der Waals surface area contributed by atoms with Gasteiger partial charge < -0.3 is 5.32 Å². The Morgan fingerprint density at radius 1 is 1.13 bits per heavy atom. The minimum absolute atomic E-state index is 0.0991. The maximum absolute atomic E-state index is 12.0. The highest BCUT2D eigenvalue weighted by molar-refractivity contribution is 7.90. The van der Waals surface area contributed by atoms with Crippen LogP contribution in [0.1, 0.15) is 10.4 Å². The fourth-order valence-corrected chi connectivity index (χ4v) is 2.78. The largest absolute Gasteiger partial charge is 0.332 e. The van der Waals surface area contributed by atoms with Gasteiger partial charge in [0.2, 0.25) is 0 Å². The van der Waals surface area contributed by atoms with Crippen LogP contribution in [0, 0.1) is 0 Å². The third kappa shape index (κ3) is 5.02. The Morgan fingerprint density at radius 2 is 1.78 bits per heavy atom. The van der Waals surface area contributed by atoms with Crippen molar-refractivity contribution in [1.29, 1.82) is 0 Å². The predicted octanol–water partition coefficient (Wildman–Crippen LogP) is 2.87. The lowest BCUT2D eigenvalue weighted by atomic mass is 10.2. The minimum atomic E-state index is -3.25. The van der Waals surface area contributed by atoms with Crippen molar-refractivity contribution in [2.24, 2.45) is 0 Å². The molecule has 23 heavy (non-hydrogen) atoms. The van der Waals surface area contributed by atoms with E-state index in [4.69, 9.17) is 23.8 Å². The third-order valence-corrected chi connectivity index (χ3v) is 4.42. The number of benzene rings is 2. The molecule has 0 spiro atoms. The normalized spacial score (nSPS) is 10.9. The van der Waals surface area contributed by atoms with Gasteiger partial charge in [0.15, 0.2) is 14.9 Å². The van der Waals surface area contributed by atoms with Crippen molar-refractivity contribution in [3.63, 3.8) is 0 Å². The molecule has 2 N–H and O–H groups in total. The van der Waals surface area contributed by atoms with Crippen LogP contribution in [-0.4, -0.2) is 25.7 Å². The highest BCUT2D eigenvalue weighted by Gasteiger charge is 2.09. The molecule has 0 aliphatic carbocycles. The number of sulfone groups is 1. The van der Waals surface area contributed by atoms with E-state index < -0.39 is 15.7 Å². The lowest BCUT2D eigenvalue weighted by Gasteiger charge is -2.10. The van der Waals surface area contributed by atoms with Crippen LogP contribution in [0.2, 0.25) is 5.02 Å². The van der Waals surface area contributed by atoms with E-state index in [9.17, 15) is 13.2 Å². The fourth-order valence-electron chi connectivity index (χ4n) is 1.75. The van der Waals surface area contributed by atoms with Crippen molar-refractivity contribution in [3.05, 3.63) is 59.1 Å². The summed E-state index contributed by atoms with van der Waals surface area (Å²) < 4.78 is 22.8. The van der Waals surface area contributed by atoms with Crippen LogP contribution >= 0.6 is 23.8 Å².